The molecule has 4 nitrogen and oxygen atoms in total. The molecular weight excluding hydrogens is 204 g/mol. The van der Waals surface area contributed by atoms with Crippen LogP contribution in [0.4, 0.5) is 0 Å². The molecule has 0 spiro atoms. The summed E-state index contributed by atoms with van der Waals surface area (Å²) in [7, 11) is 0. The first-order chi connectivity index (χ1) is 7.66. The maximum atomic E-state index is 9.98. The van der Waals surface area contributed by atoms with Gasteiger partial charge in [0.1, 0.15) is 11.6 Å². The number of imidazole rings is 1. The van der Waals surface area contributed by atoms with E-state index >= 15 is 0 Å². The van der Waals surface area contributed by atoms with Gasteiger partial charge in [0, 0.05) is 12.4 Å². The Kier molecular flexibility index (Phi) is 2.92. The average Bonchev–Trinajstić information content (AvgIpc) is 2.64. The molecule has 0 fully saturated rings. The fourth-order valence-electron chi connectivity index (χ4n) is 1.62. The molecular formula is C12H14N2O2. The van der Waals surface area contributed by atoms with Crippen LogP contribution in [0.15, 0.2) is 36.7 Å². The van der Waals surface area contributed by atoms with Gasteiger partial charge >= 0.3 is 0 Å². The molecule has 2 rings (SSSR count). The van der Waals surface area contributed by atoms with Gasteiger partial charge in [-0.1, -0.05) is 12.1 Å². The van der Waals surface area contributed by atoms with Crippen LogP contribution < -0.4 is 0 Å². The molecule has 0 aliphatic carbocycles. The average molecular weight is 218 g/mol. The van der Waals surface area contributed by atoms with E-state index in [9.17, 15) is 10.2 Å². The molecule has 84 valence electrons. The number of hydrogen-bond acceptors (Lipinski definition) is 3. The summed E-state index contributed by atoms with van der Waals surface area (Å²) >= 11 is 0. The Balaban J connectivity index is 2.14. The van der Waals surface area contributed by atoms with Crippen molar-refractivity contribution in [2.45, 2.75) is 19.6 Å². The number of aromatic nitrogens is 2. The van der Waals surface area contributed by atoms with E-state index in [4.69, 9.17) is 0 Å². The molecule has 2 N–H and O–H groups in total. The number of aryl methyl sites for hydroxylation is 1. The first-order valence-corrected chi connectivity index (χ1v) is 5.11. The van der Waals surface area contributed by atoms with E-state index in [1.807, 2.05) is 17.7 Å². The summed E-state index contributed by atoms with van der Waals surface area (Å²) in [5.74, 6) is 1.03. The summed E-state index contributed by atoms with van der Waals surface area (Å²) in [5, 5.41) is 19.3. The number of rotatable bonds is 3. The van der Waals surface area contributed by atoms with E-state index in [1.54, 1.807) is 30.5 Å². The van der Waals surface area contributed by atoms with Crippen LogP contribution in [-0.4, -0.2) is 19.8 Å². The van der Waals surface area contributed by atoms with Crippen LogP contribution in [0, 0.1) is 6.92 Å². The molecule has 4 heteroatoms. The third kappa shape index (κ3) is 2.23. The zero-order valence-corrected chi connectivity index (χ0v) is 9.04. The number of aliphatic hydroxyl groups is 1. The summed E-state index contributed by atoms with van der Waals surface area (Å²) in [4.78, 5) is 4.08. The Bertz CT molecular complexity index is 479. The van der Waals surface area contributed by atoms with Crippen molar-refractivity contribution >= 4 is 0 Å². The molecule has 0 aliphatic rings. The maximum absolute atomic E-state index is 9.98. The minimum Gasteiger partial charge on any atom is -0.508 e. The standard InChI is InChI=1S/C12H14N2O2/c1-9-13-5-6-14(9)8-12(16)10-3-2-4-11(15)7-10/h2-7,12,15-16H,8H2,1H3. The molecule has 1 atom stereocenters. The van der Waals surface area contributed by atoms with E-state index in [0.717, 1.165) is 5.82 Å². The first-order valence-electron chi connectivity index (χ1n) is 5.11. The summed E-state index contributed by atoms with van der Waals surface area (Å²) in [6.07, 6.45) is 2.88. The van der Waals surface area contributed by atoms with Crippen molar-refractivity contribution in [3.63, 3.8) is 0 Å². The van der Waals surface area contributed by atoms with Crippen LogP contribution in [0.2, 0.25) is 0 Å². The van der Waals surface area contributed by atoms with Gasteiger partial charge < -0.3 is 14.8 Å². The topological polar surface area (TPSA) is 58.3 Å². The summed E-state index contributed by atoms with van der Waals surface area (Å²) in [5.41, 5.74) is 0.702. The van der Waals surface area contributed by atoms with Gasteiger partial charge in [0.15, 0.2) is 0 Å². The lowest BCUT2D eigenvalue weighted by atomic mass is 10.1. The molecule has 0 aliphatic heterocycles. The van der Waals surface area contributed by atoms with Gasteiger partial charge in [-0.05, 0) is 24.6 Å². The number of hydrogen-bond donors (Lipinski definition) is 2. The second-order valence-electron chi connectivity index (χ2n) is 3.74. The largest absolute Gasteiger partial charge is 0.508 e. The number of phenols is 1. The highest BCUT2D eigenvalue weighted by Crippen LogP contribution is 2.19. The predicted octanol–water partition coefficient (Wildman–Crippen LogP) is 1.63. The summed E-state index contributed by atoms with van der Waals surface area (Å²) in [6, 6.07) is 6.65. The van der Waals surface area contributed by atoms with Crippen LogP contribution in [0.5, 0.6) is 5.75 Å². The van der Waals surface area contributed by atoms with Crippen LogP contribution in [0.3, 0.4) is 0 Å². The molecule has 2 aromatic rings. The SMILES string of the molecule is Cc1nccn1CC(O)c1cccc(O)c1. The molecule has 1 aromatic carbocycles. The molecule has 0 radical (unpaired) electrons. The molecule has 1 aromatic heterocycles. The Morgan fingerprint density at radius 1 is 1.44 bits per heavy atom. The van der Waals surface area contributed by atoms with Gasteiger partial charge in [0.2, 0.25) is 0 Å². The normalized spacial score (nSPS) is 12.6. The molecule has 0 saturated carbocycles. The van der Waals surface area contributed by atoms with Gasteiger partial charge in [-0.3, -0.25) is 0 Å². The van der Waals surface area contributed by atoms with Gasteiger partial charge in [-0.2, -0.15) is 0 Å². The number of nitrogens with zero attached hydrogens (tertiary/aromatic N) is 2. The van der Waals surface area contributed by atoms with Gasteiger partial charge in [0.05, 0.1) is 12.6 Å². The molecule has 0 bridgehead atoms. The lowest BCUT2D eigenvalue weighted by Crippen LogP contribution is -2.09. The molecule has 1 unspecified atom stereocenters. The summed E-state index contributed by atoms with van der Waals surface area (Å²) in [6.45, 7) is 2.32. The van der Waals surface area contributed by atoms with Crippen molar-refractivity contribution in [2.24, 2.45) is 0 Å². The highest BCUT2D eigenvalue weighted by molar-refractivity contribution is 5.28. The highest BCUT2D eigenvalue weighted by Gasteiger charge is 2.09. The minimum atomic E-state index is -0.639. The van der Waals surface area contributed by atoms with Crippen molar-refractivity contribution in [1.82, 2.24) is 9.55 Å². The van der Waals surface area contributed by atoms with Gasteiger partial charge in [0.25, 0.3) is 0 Å². The van der Waals surface area contributed by atoms with Crippen molar-refractivity contribution in [1.29, 1.82) is 0 Å². The van der Waals surface area contributed by atoms with Crippen LogP contribution in [0.25, 0.3) is 0 Å². The lowest BCUT2D eigenvalue weighted by molar-refractivity contribution is 0.155. The quantitative estimate of drug-likeness (QED) is 0.823. The van der Waals surface area contributed by atoms with Gasteiger partial charge in [-0.15, -0.1) is 0 Å². The molecule has 0 amide bonds. The number of aromatic hydroxyl groups is 1. The van der Waals surface area contributed by atoms with E-state index in [2.05, 4.69) is 4.98 Å². The second kappa shape index (κ2) is 4.37. The fourth-order valence-corrected chi connectivity index (χ4v) is 1.62. The zero-order valence-electron chi connectivity index (χ0n) is 9.04. The zero-order chi connectivity index (χ0) is 11.5. The van der Waals surface area contributed by atoms with Crippen LogP contribution in [-0.2, 0) is 6.54 Å². The Labute approximate surface area is 93.8 Å². The highest BCUT2D eigenvalue weighted by atomic mass is 16.3. The minimum absolute atomic E-state index is 0.166. The third-order valence-corrected chi connectivity index (χ3v) is 2.55. The van der Waals surface area contributed by atoms with E-state index in [1.165, 1.54) is 0 Å². The lowest BCUT2D eigenvalue weighted by Gasteiger charge is -2.13. The predicted molar refractivity (Wildman–Crippen MR) is 60.0 cm³/mol. The molecule has 1 heterocycles. The van der Waals surface area contributed by atoms with Crippen LogP contribution >= 0.6 is 0 Å². The van der Waals surface area contributed by atoms with Crippen molar-refractivity contribution in [2.75, 3.05) is 0 Å². The van der Waals surface area contributed by atoms with E-state index in [0.29, 0.717) is 12.1 Å². The van der Waals surface area contributed by atoms with Crippen molar-refractivity contribution in [3.05, 3.63) is 48.0 Å². The first kappa shape index (κ1) is 10.7. The smallest absolute Gasteiger partial charge is 0.115 e. The number of phenolic OH excluding ortho intramolecular Hbond substituents is 1. The monoisotopic (exact) mass is 218 g/mol. The van der Waals surface area contributed by atoms with Crippen molar-refractivity contribution in [3.8, 4) is 5.75 Å². The Hall–Kier alpha value is -1.81. The fraction of sp³-hybridized carbons (Fsp3) is 0.250. The Morgan fingerprint density at radius 2 is 2.25 bits per heavy atom. The van der Waals surface area contributed by atoms with Crippen molar-refractivity contribution < 1.29 is 10.2 Å². The summed E-state index contributed by atoms with van der Waals surface area (Å²) < 4.78 is 1.87. The molecule has 0 saturated heterocycles. The van der Waals surface area contributed by atoms with E-state index < -0.39 is 6.10 Å². The van der Waals surface area contributed by atoms with Crippen LogP contribution in [0.1, 0.15) is 17.5 Å². The maximum Gasteiger partial charge on any atom is 0.115 e. The Morgan fingerprint density at radius 3 is 2.88 bits per heavy atom. The van der Waals surface area contributed by atoms with Gasteiger partial charge in [-0.25, -0.2) is 4.98 Å². The third-order valence-electron chi connectivity index (χ3n) is 2.55. The number of benzene rings is 1. The van der Waals surface area contributed by atoms with E-state index in [-0.39, 0.29) is 5.75 Å². The number of aliphatic hydroxyl groups excluding tert-OH is 1. The second-order valence-corrected chi connectivity index (χ2v) is 3.74. The molecule has 16 heavy (non-hydrogen) atoms.